The summed E-state index contributed by atoms with van der Waals surface area (Å²) < 4.78 is 5.90. The van der Waals surface area contributed by atoms with Crippen LogP contribution in [-0.4, -0.2) is 17.8 Å². The Morgan fingerprint density at radius 2 is 1.95 bits per heavy atom. The fourth-order valence-corrected chi connectivity index (χ4v) is 3.37. The summed E-state index contributed by atoms with van der Waals surface area (Å²) in [7, 11) is 0. The molecule has 0 aromatic heterocycles. The van der Waals surface area contributed by atoms with Crippen LogP contribution in [0.1, 0.15) is 42.5 Å². The second-order valence-electron chi connectivity index (χ2n) is 5.34. The van der Waals surface area contributed by atoms with Crippen LogP contribution in [0.4, 0.5) is 0 Å². The van der Waals surface area contributed by atoms with Crippen molar-refractivity contribution >= 4 is 21.8 Å². The zero-order valence-corrected chi connectivity index (χ0v) is 12.6. The summed E-state index contributed by atoms with van der Waals surface area (Å²) in [6, 6.07) is 7.18. The number of amides is 1. The van der Waals surface area contributed by atoms with Crippen LogP contribution in [0.2, 0.25) is 0 Å². The van der Waals surface area contributed by atoms with E-state index in [-0.39, 0.29) is 5.41 Å². The Bertz CT molecular complexity index is 442. The van der Waals surface area contributed by atoms with Crippen molar-refractivity contribution in [1.29, 1.82) is 0 Å². The maximum Gasteiger partial charge on any atom is 0.252 e. The molecule has 4 heteroatoms. The second-order valence-corrected chi connectivity index (χ2v) is 5.90. The highest BCUT2D eigenvalue weighted by Gasteiger charge is 2.32. The Morgan fingerprint density at radius 3 is 2.58 bits per heavy atom. The van der Waals surface area contributed by atoms with Crippen LogP contribution in [0.5, 0.6) is 5.75 Å². The maximum atomic E-state index is 11.4. The van der Waals surface area contributed by atoms with Gasteiger partial charge in [-0.25, -0.2) is 0 Å². The van der Waals surface area contributed by atoms with Crippen molar-refractivity contribution in [3.63, 3.8) is 0 Å². The predicted molar refractivity (Wildman–Crippen MR) is 79.8 cm³/mol. The molecule has 0 saturated heterocycles. The minimum atomic E-state index is -0.438. The molecule has 0 unspecified atom stereocenters. The molecule has 2 N–H and O–H groups in total. The number of benzene rings is 1. The fraction of sp³-hybridized carbons (Fsp3) is 0.533. The van der Waals surface area contributed by atoms with E-state index in [1.807, 2.05) is 12.1 Å². The van der Waals surface area contributed by atoms with Crippen molar-refractivity contribution in [2.75, 3.05) is 11.9 Å². The lowest BCUT2D eigenvalue weighted by Crippen LogP contribution is -2.33. The van der Waals surface area contributed by atoms with Crippen LogP contribution >= 0.6 is 15.9 Å². The number of alkyl halides is 1. The van der Waals surface area contributed by atoms with Gasteiger partial charge in [-0.05, 0) is 25.0 Å². The average Bonchev–Trinajstić information content (AvgIpc) is 2.46. The fourth-order valence-electron chi connectivity index (χ4n) is 2.65. The van der Waals surface area contributed by atoms with E-state index in [1.54, 1.807) is 12.1 Å². The number of ether oxygens (including phenoxy) is 1. The molecule has 1 saturated carbocycles. The quantitative estimate of drug-likeness (QED) is 0.842. The van der Waals surface area contributed by atoms with Crippen LogP contribution in [0.15, 0.2) is 24.3 Å². The van der Waals surface area contributed by atoms with Gasteiger partial charge in [-0.3, -0.25) is 4.79 Å². The Kier molecular flexibility index (Phi) is 4.86. The highest BCUT2D eigenvalue weighted by molar-refractivity contribution is 9.09. The van der Waals surface area contributed by atoms with Gasteiger partial charge in [0.25, 0.3) is 5.91 Å². The monoisotopic (exact) mass is 325 g/mol. The first-order chi connectivity index (χ1) is 9.17. The molecule has 0 aliphatic heterocycles. The molecule has 1 aromatic carbocycles. The van der Waals surface area contributed by atoms with Gasteiger partial charge in [0, 0.05) is 10.7 Å². The molecule has 0 radical (unpaired) electrons. The largest absolute Gasteiger partial charge is 0.492 e. The number of carbonyl (C=O) groups is 1. The zero-order valence-electron chi connectivity index (χ0n) is 11.0. The Labute approximate surface area is 122 Å². The Morgan fingerprint density at radius 1 is 1.26 bits per heavy atom. The molecule has 1 fully saturated rings. The van der Waals surface area contributed by atoms with E-state index in [0.717, 1.165) is 5.33 Å². The summed E-state index contributed by atoms with van der Waals surface area (Å²) in [6.07, 6.45) is 6.18. The minimum Gasteiger partial charge on any atom is -0.492 e. The number of hydrogen-bond donors (Lipinski definition) is 1. The van der Waals surface area contributed by atoms with Crippen LogP contribution in [0.3, 0.4) is 0 Å². The predicted octanol–water partition coefficient (Wildman–Crippen LogP) is 3.51. The first kappa shape index (κ1) is 14.4. The third-order valence-electron chi connectivity index (χ3n) is 3.88. The minimum absolute atomic E-state index is 0.197. The first-order valence-electron chi connectivity index (χ1n) is 6.74. The number of primary amides is 1. The maximum absolute atomic E-state index is 11.4. The van der Waals surface area contributed by atoms with E-state index in [1.165, 1.54) is 32.1 Å². The van der Waals surface area contributed by atoms with Crippen LogP contribution in [0, 0.1) is 5.41 Å². The number of halogens is 1. The molecule has 0 spiro atoms. The third-order valence-corrected chi connectivity index (χ3v) is 5.07. The van der Waals surface area contributed by atoms with Crippen molar-refractivity contribution in [3.8, 4) is 5.75 Å². The van der Waals surface area contributed by atoms with Gasteiger partial charge in [0.1, 0.15) is 5.75 Å². The van der Waals surface area contributed by atoms with Gasteiger partial charge in [0.2, 0.25) is 0 Å². The lowest BCUT2D eigenvalue weighted by Gasteiger charge is -2.35. The molecule has 104 valence electrons. The van der Waals surface area contributed by atoms with E-state index in [0.29, 0.717) is 17.9 Å². The van der Waals surface area contributed by atoms with Crippen LogP contribution in [-0.2, 0) is 0 Å². The summed E-state index contributed by atoms with van der Waals surface area (Å²) >= 11 is 3.62. The number of carbonyl (C=O) groups excluding carboxylic acids is 1. The molecule has 1 aromatic rings. The summed E-state index contributed by atoms with van der Waals surface area (Å²) in [5, 5.41) is 0.943. The van der Waals surface area contributed by atoms with Crippen molar-refractivity contribution in [3.05, 3.63) is 29.8 Å². The molecule has 1 amide bonds. The van der Waals surface area contributed by atoms with E-state index in [4.69, 9.17) is 10.5 Å². The van der Waals surface area contributed by atoms with Crippen LogP contribution < -0.4 is 10.5 Å². The van der Waals surface area contributed by atoms with Crippen molar-refractivity contribution in [1.82, 2.24) is 0 Å². The summed E-state index contributed by atoms with van der Waals surface area (Å²) in [5.41, 5.74) is 6.02. The van der Waals surface area contributed by atoms with Crippen molar-refractivity contribution in [2.24, 2.45) is 11.1 Å². The van der Waals surface area contributed by atoms with Gasteiger partial charge in [-0.1, -0.05) is 47.3 Å². The zero-order chi connectivity index (χ0) is 13.7. The van der Waals surface area contributed by atoms with Gasteiger partial charge in [0.05, 0.1) is 12.2 Å². The van der Waals surface area contributed by atoms with Crippen LogP contribution in [0.25, 0.3) is 0 Å². The SMILES string of the molecule is NC(=O)c1ccccc1OCC1(CBr)CCCCC1. The van der Waals surface area contributed by atoms with Crippen molar-refractivity contribution < 1.29 is 9.53 Å². The Balaban J connectivity index is 2.07. The lowest BCUT2D eigenvalue weighted by atomic mass is 9.76. The summed E-state index contributed by atoms with van der Waals surface area (Å²) in [6.45, 7) is 0.641. The molecule has 0 heterocycles. The van der Waals surface area contributed by atoms with Crippen molar-refractivity contribution in [2.45, 2.75) is 32.1 Å². The van der Waals surface area contributed by atoms with Gasteiger partial charge in [-0.2, -0.15) is 0 Å². The molecule has 0 atom stereocenters. The normalized spacial score (nSPS) is 17.9. The van der Waals surface area contributed by atoms with Gasteiger partial charge in [-0.15, -0.1) is 0 Å². The summed E-state index contributed by atoms with van der Waals surface area (Å²) in [5.74, 6) is 0.160. The lowest BCUT2D eigenvalue weighted by molar-refractivity contribution is 0.0981. The average molecular weight is 326 g/mol. The highest BCUT2D eigenvalue weighted by atomic mass is 79.9. The van der Waals surface area contributed by atoms with E-state index >= 15 is 0 Å². The standard InChI is InChI=1S/C15H20BrNO2/c16-10-15(8-4-1-5-9-15)11-19-13-7-3-2-6-12(13)14(17)18/h2-3,6-7H,1,4-5,8-11H2,(H2,17,18). The Hall–Kier alpha value is -1.03. The number of hydrogen-bond acceptors (Lipinski definition) is 2. The molecule has 3 nitrogen and oxygen atoms in total. The molecule has 0 bridgehead atoms. The second kappa shape index (κ2) is 6.42. The summed E-state index contributed by atoms with van der Waals surface area (Å²) in [4.78, 5) is 11.4. The molecular formula is C15H20BrNO2. The molecule has 2 rings (SSSR count). The number of para-hydroxylation sites is 1. The van der Waals surface area contributed by atoms with E-state index in [9.17, 15) is 4.79 Å². The third kappa shape index (κ3) is 3.50. The first-order valence-corrected chi connectivity index (χ1v) is 7.87. The van der Waals surface area contributed by atoms with Gasteiger partial charge in [0.15, 0.2) is 0 Å². The molecule has 19 heavy (non-hydrogen) atoms. The molecular weight excluding hydrogens is 306 g/mol. The van der Waals surface area contributed by atoms with E-state index in [2.05, 4.69) is 15.9 Å². The smallest absolute Gasteiger partial charge is 0.252 e. The number of rotatable bonds is 5. The highest BCUT2D eigenvalue weighted by Crippen LogP contribution is 2.38. The topological polar surface area (TPSA) is 52.3 Å². The van der Waals surface area contributed by atoms with Gasteiger partial charge < -0.3 is 10.5 Å². The number of nitrogens with two attached hydrogens (primary N) is 1. The molecule has 1 aliphatic carbocycles. The van der Waals surface area contributed by atoms with E-state index < -0.39 is 5.91 Å². The molecule has 1 aliphatic rings. The van der Waals surface area contributed by atoms with Gasteiger partial charge >= 0.3 is 0 Å².